The van der Waals surface area contributed by atoms with E-state index in [2.05, 4.69) is 15.6 Å². The van der Waals surface area contributed by atoms with Crippen LogP contribution in [0.1, 0.15) is 41.9 Å². The SMILES string of the molecule is CSCC[C@H](NC(=O)c1ccc(NC(=O)Cc2csc(SC)n2)cc1-c1ccccc1C)C(=O)OC(C)C. The summed E-state index contributed by atoms with van der Waals surface area (Å²) in [6.45, 7) is 5.53. The lowest BCUT2D eigenvalue weighted by molar-refractivity contribution is -0.149. The minimum Gasteiger partial charge on any atom is -0.461 e. The van der Waals surface area contributed by atoms with Crippen LogP contribution < -0.4 is 10.6 Å². The second-order valence-corrected chi connectivity index (χ2v) is 11.8. The van der Waals surface area contributed by atoms with Gasteiger partial charge in [-0.05, 0) is 80.3 Å². The van der Waals surface area contributed by atoms with Crippen molar-refractivity contribution in [2.75, 3.05) is 23.6 Å². The van der Waals surface area contributed by atoms with Crippen molar-refractivity contribution in [3.05, 3.63) is 64.7 Å². The molecule has 1 heterocycles. The molecule has 3 aromatic rings. The number of aryl methyl sites for hydroxylation is 1. The number of carbonyl (C=O) groups is 3. The smallest absolute Gasteiger partial charge is 0.328 e. The van der Waals surface area contributed by atoms with E-state index in [1.165, 1.54) is 11.3 Å². The molecule has 0 bridgehead atoms. The number of esters is 1. The Morgan fingerprint density at radius 2 is 1.84 bits per heavy atom. The number of nitrogens with zero attached hydrogens (tertiary/aromatic N) is 1. The van der Waals surface area contributed by atoms with E-state index in [9.17, 15) is 14.4 Å². The minimum absolute atomic E-state index is 0.161. The van der Waals surface area contributed by atoms with Gasteiger partial charge in [0.25, 0.3) is 5.91 Å². The monoisotopic (exact) mass is 571 g/mol. The van der Waals surface area contributed by atoms with E-state index in [0.29, 0.717) is 29.0 Å². The first kappa shape index (κ1) is 29.7. The van der Waals surface area contributed by atoms with Crippen LogP contribution in [0, 0.1) is 6.92 Å². The fourth-order valence-corrected chi connectivity index (χ4v) is 5.54. The predicted octanol–water partition coefficient (Wildman–Crippen LogP) is 5.82. The van der Waals surface area contributed by atoms with Crippen LogP contribution in [-0.4, -0.2) is 53.2 Å². The lowest BCUT2D eigenvalue weighted by atomic mass is 9.94. The average Bonchev–Trinajstić information content (AvgIpc) is 3.33. The topological polar surface area (TPSA) is 97.4 Å². The molecule has 0 aliphatic carbocycles. The maximum atomic E-state index is 13.5. The minimum atomic E-state index is -0.759. The molecule has 3 rings (SSSR count). The molecule has 10 heteroatoms. The van der Waals surface area contributed by atoms with Gasteiger partial charge in [0, 0.05) is 16.6 Å². The molecule has 0 aliphatic heterocycles. The lowest BCUT2D eigenvalue weighted by Crippen LogP contribution is -2.43. The van der Waals surface area contributed by atoms with Crippen molar-refractivity contribution in [1.29, 1.82) is 0 Å². The summed E-state index contributed by atoms with van der Waals surface area (Å²) in [6, 6.07) is 12.2. The fraction of sp³-hybridized carbons (Fsp3) is 0.357. The summed E-state index contributed by atoms with van der Waals surface area (Å²) in [5, 5.41) is 7.70. The van der Waals surface area contributed by atoms with Gasteiger partial charge in [0.1, 0.15) is 10.4 Å². The largest absolute Gasteiger partial charge is 0.461 e. The highest BCUT2D eigenvalue weighted by atomic mass is 32.2. The number of thioether (sulfide) groups is 2. The van der Waals surface area contributed by atoms with Gasteiger partial charge < -0.3 is 15.4 Å². The van der Waals surface area contributed by atoms with Crippen LogP contribution in [0.15, 0.2) is 52.2 Å². The van der Waals surface area contributed by atoms with E-state index in [0.717, 1.165) is 21.2 Å². The summed E-state index contributed by atoms with van der Waals surface area (Å²) < 4.78 is 6.30. The Balaban J connectivity index is 1.89. The second-order valence-electron chi connectivity index (χ2n) is 8.90. The van der Waals surface area contributed by atoms with Crippen molar-refractivity contribution < 1.29 is 19.1 Å². The van der Waals surface area contributed by atoms with Crippen LogP contribution in [0.5, 0.6) is 0 Å². The first-order valence-corrected chi connectivity index (χ1v) is 15.7. The van der Waals surface area contributed by atoms with E-state index in [1.54, 1.807) is 55.6 Å². The Hall–Kier alpha value is -2.82. The summed E-state index contributed by atoms with van der Waals surface area (Å²) in [7, 11) is 0. The van der Waals surface area contributed by atoms with Crippen molar-refractivity contribution in [3.8, 4) is 11.1 Å². The first-order valence-electron chi connectivity index (χ1n) is 12.2. The van der Waals surface area contributed by atoms with Gasteiger partial charge in [-0.15, -0.1) is 11.3 Å². The summed E-state index contributed by atoms with van der Waals surface area (Å²) in [5.74, 6) is -0.314. The predicted molar refractivity (Wildman–Crippen MR) is 158 cm³/mol. The number of benzene rings is 2. The molecule has 7 nitrogen and oxygen atoms in total. The number of ether oxygens (including phenoxy) is 1. The highest BCUT2D eigenvalue weighted by Crippen LogP contribution is 2.30. The third kappa shape index (κ3) is 8.34. The average molecular weight is 572 g/mol. The van der Waals surface area contributed by atoms with Crippen LogP contribution in [0.25, 0.3) is 11.1 Å². The zero-order valence-electron chi connectivity index (χ0n) is 22.2. The number of thiazole rings is 1. The molecule has 0 saturated heterocycles. The standard InChI is InChI=1S/C28H33N3O4S3/c1-17(2)35-27(34)24(12-13-36-4)31-26(33)22-11-10-19(14-23(22)21-9-7-6-8-18(21)3)29-25(32)15-20-16-38-28(30-20)37-5/h6-11,14,16-17,24H,12-13,15H2,1-5H3,(H,29,32)(H,31,33)/t24-/m0/s1. The van der Waals surface area contributed by atoms with E-state index in [4.69, 9.17) is 4.74 Å². The van der Waals surface area contributed by atoms with E-state index in [1.807, 2.05) is 49.1 Å². The summed E-state index contributed by atoms with van der Waals surface area (Å²) in [5.41, 5.74) is 4.21. The highest BCUT2D eigenvalue weighted by Gasteiger charge is 2.25. The van der Waals surface area contributed by atoms with E-state index >= 15 is 0 Å². The van der Waals surface area contributed by atoms with E-state index in [-0.39, 0.29) is 24.3 Å². The molecule has 2 aromatic carbocycles. The third-order valence-electron chi connectivity index (χ3n) is 5.58. The molecule has 0 spiro atoms. The Bertz CT molecular complexity index is 1280. The second kappa shape index (κ2) is 14.4. The van der Waals surface area contributed by atoms with Crippen LogP contribution in [-0.2, 0) is 20.7 Å². The molecule has 1 aromatic heterocycles. The maximum absolute atomic E-state index is 13.5. The van der Waals surface area contributed by atoms with Gasteiger partial charge in [-0.2, -0.15) is 11.8 Å². The molecular formula is C28H33N3O4S3. The number of amides is 2. The number of aromatic nitrogens is 1. The molecule has 0 radical (unpaired) electrons. The van der Waals surface area contributed by atoms with Crippen molar-refractivity contribution in [2.45, 2.75) is 50.1 Å². The van der Waals surface area contributed by atoms with Crippen LogP contribution in [0.4, 0.5) is 5.69 Å². The van der Waals surface area contributed by atoms with E-state index < -0.39 is 12.0 Å². The number of rotatable bonds is 12. The van der Waals surface area contributed by atoms with Crippen molar-refractivity contribution >= 4 is 58.3 Å². The zero-order valence-corrected chi connectivity index (χ0v) is 24.6. The summed E-state index contributed by atoms with van der Waals surface area (Å²) >= 11 is 4.66. The van der Waals surface area contributed by atoms with Gasteiger partial charge in [-0.1, -0.05) is 36.0 Å². The van der Waals surface area contributed by atoms with Crippen LogP contribution in [0.3, 0.4) is 0 Å². The number of carbonyl (C=O) groups excluding carboxylic acids is 3. The molecule has 38 heavy (non-hydrogen) atoms. The van der Waals surface area contributed by atoms with Gasteiger partial charge in [0.05, 0.1) is 18.2 Å². The molecule has 0 unspecified atom stereocenters. The molecule has 0 saturated carbocycles. The number of hydrogen-bond acceptors (Lipinski definition) is 8. The Kier molecular flexibility index (Phi) is 11.2. The summed E-state index contributed by atoms with van der Waals surface area (Å²) in [4.78, 5) is 43.3. The number of nitrogens with one attached hydrogen (secondary N) is 2. The molecule has 0 fully saturated rings. The molecular weight excluding hydrogens is 539 g/mol. The van der Waals surface area contributed by atoms with Crippen LogP contribution in [0.2, 0.25) is 0 Å². The molecule has 2 N–H and O–H groups in total. The van der Waals surface area contributed by atoms with Crippen molar-refractivity contribution in [2.24, 2.45) is 0 Å². The highest BCUT2D eigenvalue weighted by molar-refractivity contribution is 8.00. The first-order chi connectivity index (χ1) is 18.2. The Labute approximate surface area is 236 Å². The van der Waals surface area contributed by atoms with Gasteiger partial charge in [0.15, 0.2) is 0 Å². The Morgan fingerprint density at radius 1 is 1.08 bits per heavy atom. The number of hydrogen-bond donors (Lipinski definition) is 2. The fourth-order valence-electron chi connectivity index (χ4n) is 3.79. The van der Waals surface area contributed by atoms with Crippen LogP contribution >= 0.6 is 34.9 Å². The zero-order chi connectivity index (χ0) is 27.7. The quantitative estimate of drug-likeness (QED) is 0.209. The number of anilines is 1. The molecule has 2 amide bonds. The maximum Gasteiger partial charge on any atom is 0.328 e. The van der Waals surface area contributed by atoms with Gasteiger partial charge in [-0.3, -0.25) is 9.59 Å². The van der Waals surface area contributed by atoms with Gasteiger partial charge >= 0.3 is 5.97 Å². The van der Waals surface area contributed by atoms with Gasteiger partial charge in [-0.25, -0.2) is 9.78 Å². The molecule has 0 aliphatic rings. The van der Waals surface area contributed by atoms with Gasteiger partial charge in [0.2, 0.25) is 5.91 Å². The molecule has 202 valence electrons. The van der Waals surface area contributed by atoms with Crippen molar-refractivity contribution in [1.82, 2.24) is 10.3 Å². The lowest BCUT2D eigenvalue weighted by Gasteiger charge is -2.20. The summed E-state index contributed by atoms with van der Waals surface area (Å²) in [6.07, 6.45) is 4.24. The molecule has 1 atom stereocenters. The van der Waals surface area contributed by atoms with Crippen molar-refractivity contribution in [3.63, 3.8) is 0 Å². The third-order valence-corrected chi connectivity index (χ3v) is 8.14. The normalized spacial score (nSPS) is 11.7. The Morgan fingerprint density at radius 3 is 2.50 bits per heavy atom.